The summed E-state index contributed by atoms with van der Waals surface area (Å²) in [6, 6.07) is 8.29. The van der Waals surface area contributed by atoms with Crippen molar-refractivity contribution in [2.75, 3.05) is 11.1 Å². The molecule has 2 aromatic carbocycles. The van der Waals surface area contributed by atoms with Gasteiger partial charge in [0.1, 0.15) is 0 Å². The summed E-state index contributed by atoms with van der Waals surface area (Å²) in [6.45, 7) is 1.84. The van der Waals surface area contributed by atoms with Gasteiger partial charge in [0.25, 0.3) is 5.91 Å². The van der Waals surface area contributed by atoms with Crippen LogP contribution < -0.4 is 11.1 Å². The Morgan fingerprint density at radius 2 is 1.85 bits per heavy atom. The monoisotopic (exact) mass is 328 g/mol. The van der Waals surface area contributed by atoms with Gasteiger partial charge in [-0.1, -0.05) is 46.9 Å². The van der Waals surface area contributed by atoms with Gasteiger partial charge < -0.3 is 11.1 Å². The van der Waals surface area contributed by atoms with Crippen molar-refractivity contribution < 1.29 is 4.79 Å². The van der Waals surface area contributed by atoms with Crippen LogP contribution in [0.2, 0.25) is 15.1 Å². The number of nitrogen functional groups attached to an aromatic ring is 1. The Morgan fingerprint density at radius 3 is 2.50 bits per heavy atom. The van der Waals surface area contributed by atoms with Crippen LogP contribution >= 0.6 is 34.8 Å². The van der Waals surface area contributed by atoms with Crippen molar-refractivity contribution in [2.45, 2.75) is 6.92 Å². The summed E-state index contributed by atoms with van der Waals surface area (Å²) in [6.07, 6.45) is 0. The van der Waals surface area contributed by atoms with E-state index in [1.807, 2.05) is 13.0 Å². The van der Waals surface area contributed by atoms with Gasteiger partial charge in [-0.05, 0) is 30.7 Å². The highest BCUT2D eigenvalue weighted by Gasteiger charge is 2.16. The molecule has 0 heterocycles. The van der Waals surface area contributed by atoms with E-state index in [1.165, 1.54) is 12.1 Å². The second-order valence-electron chi connectivity index (χ2n) is 4.25. The van der Waals surface area contributed by atoms with E-state index in [2.05, 4.69) is 5.32 Å². The fourth-order valence-electron chi connectivity index (χ4n) is 1.75. The van der Waals surface area contributed by atoms with Crippen molar-refractivity contribution in [3.63, 3.8) is 0 Å². The summed E-state index contributed by atoms with van der Waals surface area (Å²) >= 11 is 18.0. The molecule has 2 aromatic rings. The summed E-state index contributed by atoms with van der Waals surface area (Å²) < 4.78 is 0. The molecular formula is C14H11Cl3N2O. The molecule has 0 saturated heterocycles. The molecule has 0 atom stereocenters. The van der Waals surface area contributed by atoms with Crippen molar-refractivity contribution in [1.29, 1.82) is 0 Å². The predicted molar refractivity (Wildman–Crippen MR) is 85.0 cm³/mol. The first-order chi connectivity index (χ1) is 9.40. The van der Waals surface area contributed by atoms with Crippen molar-refractivity contribution in [3.8, 4) is 0 Å². The number of benzene rings is 2. The number of hydrogen-bond donors (Lipinski definition) is 2. The van der Waals surface area contributed by atoms with Gasteiger partial charge in [0, 0.05) is 5.69 Å². The van der Waals surface area contributed by atoms with E-state index in [1.54, 1.807) is 12.1 Å². The zero-order chi connectivity index (χ0) is 14.9. The van der Waals surface area contributed by atoms with Crippen LogP contribution in [0.3, 0.4) is 0 Å². The van der Waals surface area contributed by atoms with E-state index in [4.69, 9.17) is 40.5 Å². The third-order valence-corrected chi connectivity index (χ3v) is 3.87. The van der Waals surface area contributed by atoms with Gasteiger partial charge >= 0.3 is 0 Å². The van der Waals surface area contributed by atoms with Crippen LogP contribution in [0.15, 0.2) is 30.3 Å². The molecule has 0 spiro atoms. The van der Waals surface area contributed by atoms with E-state index < -0.39 is 5.91 Å². The van der Waals surface area contributed by atoms with Crippen LogP contribution in [-0.4, -0.2) is 5.91 Å². The van der Waals surface area contributed by atoms with Crippen LogP contribution in [0.5, 0.6) is 0 Å². The first-order valence-electron chi connectivity index (χ1n) is 5.71. The molecule has 0 saturated carbocycles. The van der Waals surface area contributed by atoms with E-state index in [9.17, 15) is 4.79 Å². The lowest BCUT2D eigenvalue weighted by Gasteiger charge is -2.12. The molecule has 104 valence electrons. The molecule has 0 aliphatic carbocycles. The summed E-state index contributed by atoms with van der Waals surface area (Å²) in [7, 11) is 0. The maximum Gasteiger partial charge on any atom is 0.257 e. The van der Waals surface area contributed by atoms with Gasteiger partial charge in [-0.15, -0.1) is 0 Å². The Bertz CT molecular complexity index is 666. The largest absolute Gasteiger partial charge is 0.399 e. The van der Waals surface area contributed by atoms with Gasteiger partial charge in [-0.25, -0.2) is 0 Å². The molecule has 0 aliphatic heterocycles. The molecule has 0 aliphatic rings. The average Bonchev–Trinajstić information content (AvgIpc) is 2.38. The maximum atomic E-state index is 12.3. The Morgan fingerprint density at radius 1 is 1.15 bits per heavy atom. The number of halogens is 3. The molecule has 20 heavy (non-hydrogen) atoms. The Balaban J connectivity index is 2.39. The number of aryl methyl sites for hydroxylation is 1. The molecule has 0 bridgehead atoms. The quantitative estimate of drug-likeness (QED) is 0.778. The second-order valence-corrected chi connectivity index (χ2v) is 5.44. The molecule has 3 N–H and O–H groups in total. The molecule has 0 aromatic heterocycles. The van der Waals surface area contributed by atoms with Crippen molar-refractivity contribution in [1.82, 2.24) is 0 Å². The molecule has 0 radical (unpaired) electrons. The standard InChI is InChI=1S/C14H11Cl3N2O/c1-7-3-2-4-10(15)13(7)19-14(20)9-5-8(18)6-11(16)12(9)17/h2-6H,18H2,1H3,(H,19,20). The molecular weight excluding hydrogens is 319 g/mol. The van der Waals surface area contributed by atoms with Crippen LogP contribution in [0.25, 0.3) is 0 Å². The fourth-order valence-corrected chi connectivity index (χ4v) is 2.44. The van der Waals surface area contributed by atoms with E-state index >= 15 is 0 Å². The third-order valence-electron chi connectivity index (χ3n) is 2.76. The lowest BCUT2D eigenvalue weighted by molar-refractivity contribution is 0.102. The summed E-state index contributed by atoms with van der Waals surface area (Å²) in [4.78, 5) is 12.3. The van der Waals surface area contributed by atoms with E-state index in [0.717, 1.165) is 5.56 Å². The Labute approximate surface area is 131 Å². The lowest BCUT2D eigenvalue weighted by Crippen LogP contribution is -2.14. The number of carbonyl (C=O) groups excluding carboxylic acids is 1. The van der Waals surface area contributed by atoms with Gasteiger partial charge in [-0.3, -0.25) is 4.79 Å². The highest BCUT2D eigenvalue weighted by Crippen LogP contribution is 2.31. The number of anilines is 2. The number of nitrogens with one attached hydrogen (secondary N) is 1. The maximum absolute atomic E-state index is 12.3. The topological polar surface area (TPSA) is 55.1 Å². The summed E-state index contributed by atoms with van der Waals surface area (Å²) in [5.41, 5.74) is 7.62. The average molecular weight is 330 g/mol. The summed E-state index contributed by atoms with van der Waals surface area (Å²) in [5, 5.41) is 3.55. The van der Waals surface area contributed by atoms with E-state index in [0.29, 0.717) is 16.4 Å². The number of carbonyl (C=O) groups is 1. The number of nitrogens with two attached hydrogens (primary N) is 1. The van der Waals surface area contributed by atoms with Crippen molar-refractivity contribution in [3.05, 3.63) is 56.5 Å². The third kappa shape index (κ3) is 3.01. The first-order valence-corrected chi connectivity index (χ1v) is 6.84. The van der Waals surface area contributed by atoms with Crippen LogP contribution in [0.4, 0.5) is 11.4 Å². The number of para-hydroxylation sites is 1. The van der Waals surface area contributed by atoms with Crippen molar-refractivity contribution in [2.24, 2.45) is 0 Å². The number of rotatable bonds is 2. The van der Waals surface area contributed by atoms with Gasteiger partial charge in [0.2, 0.25) is 0 Å². The normalized spacial score (nSPS) is 10.4. The van der Waals surface area contributed by atoms with Gasteiger partial charge in [0.15, 0.2) is 0 Å². The van der Waals surface area contributed by atoms with Crippen molar-refractivity contribution >= 4 is 52.1 Å². The summed E-state index contributed by atoms with van der Waals surface area (Å²) in [5.74, 6) is -0.416. The van der Waals surface area contributed by atoms with Crippen LogP contribution in [-0.2, 0) is 0 Å². The Kier molecular flexibility index (Phi) is 4.43. The van der Waals surface area contributed by atoms with Crippen LogP contribution in [0.1, 0.15) is 15.9 Å². The zero-order valence-electron chi connectivity index (χ0n) is 10.5. The molecule has 0 unspecified atom stereocenters. The SMILES string of the molecule is Cc1cccc(Cl)c1NC(=O)c1cc(N)cc(Cl)c1Cl. The molecule has 1 amide bonds. The highest BCUT2D eigenvalue weighted by molar-refractivity contribution is 6.44. The first kappa shape index (κ1) is 15.0. The lowest BCUT2D eigenvalue weighted by atomic mass is 10.1. The van der Waals surface area contributed by atoms with E-state index in [-0.39, 0.29) is 15.6 Å². The minimum Gasteiger partial charge on any atom is -0.399 e. The zero-order valence-corrected chi connectivity index (χ0v) is 12.8. The molecule has 3 nitrogen and oxygen atoms in total. The van der Waals surface area contributed by atoms with Gasteiger partial charge in [0.05, 0.1) is 26.3 Å². The number of amides is 1. The molecule has 2 rings (SSSR count). The minimum atomic E-state index is -0.416. The fraction of sp³-hybridized carbons (Fsp3) is 0.0714. The predicted octanol–water partition coefficient (Wildman–Crippen LogP) is 4.79. The highest BCUT2D eigenvalue weighted by atomic mass is 35.5. The number of hydrogen-bond acceptors (Lipinski definition) is 2. The van der Waals surface area contributed by atoms with Crippen LogP contribution in [0, 0.1) is 6.92 Å². The Hall–Kier alpha value is -1.42. The molecule has 0 fully saturated rings. The minimum absolute atomic E-state index is 0.156. The smallest absolute Gasteiger partial charge is 0.257 e. The second kappa shape index (κ2) is 5.92. The van der Waals surface area contributed by atoms with Gasteiger partial charge in [-0.2, -0.15) is 0 Å². The molecule has 6 heteroatoms.